The largest absolute Gasteiger partial charge is 0.494 e. The van der Waals surface area contributed by atoms with Crippen molar-refractivity contribution in [2.45, 2.75) is 0 Å². The minimum atomic E-state index is -0.369. The lowest BCUT2D eigenvalue weighted by molar-refractivity contribution is 0.315. The van der Waals surface area contributed by atoms with Gasteiger partial charge in [0.1, 0.15) is 0 Å². The molecule has 0 saturated heterocycles. The summed E-state index contributed by atoms with van der Waals surface area (Å²) in [6.45, 7) is 0. The molecule has 66 valence electrons. The van der Waals surface area contributed by atoms with Gasteiger partial charge in [-0.15, -0.1) is 0 Å². The maximum Gasteiger partial charge on any atom is 0.164 e. The van der Waals surface area contributed by atoms with Crippen molar-refractivity contribution in [3.63, 3.8) is 0 Å². The zero-order chi connectivity index (χ0) is 9.56. The fraction of sp³-hybridized carbons (Fsp3) is 0.167. The van der Waals surface area contributed by atoms with E-state index in [4.69, 9.17) is 22.0 Å². The maximum absolute atomic E-state index is 7.05. The van der Waals surface area contributed by atoms with Crippen molar-refractivity contribution < 1.29 is 4.74 Å². The Balaban J connectivity index is 4.10. The van der Waals surface area contributed by atoms with Crippen LogP contribution in [0.1, 0.15) is 0 Å². The molecule has 0 aliphatic carbocycles. The van der Waals surface area contributed by atoms with E-state index in [-0.39, 0.29) is 17.4 Å². The minimum Gasteiger partial charge on any atom is -0.494 e. The Labute approximate surface area is 69.9 Å². The molecule has 0 aliphatic heterocycles. The summed E-state index contributed by atoms with van der Waals surface area (Å²) in [6.07, 6.45) is 2.25. The van der Waals surface area contributed by atoms with Crippen molar-refractivity contribution in [3.8, 4) is 0 Å². The van der Waals surface area contributed by atoms with Gasteiger partial charge < -0.3 is 21.2 Å². The van der Waals surface area contributed by atoms with Crippen LogP contribution in [0.4, 0.5) is 0 Å². The standard InChI is InChI=1S/C6H11N5O/c1-12-4(2-7)3-11-6(10)5(8)9/h2-3,7H,1H3,(H3,8,9)(H2,10,11)/b4-3+,7-2?. The van der Waals surface area contributed by atoms with Gasteiger partial charge in [0.2, 0.25) is 0 Å². The van der Waals surface area contributed by atoms with Crippen LogP contribution in [0.2, 0.25) is 0 Å². The first-order chi connectivity index (χ1) is 5.61. The highest BCUT2D eigenvalue weighted by atomic mass is 16.5. The molecule has 0 unspecified atom stereocenters. The lowest BCUT2D eigenvalue weighted by Gasteiger charge is -2.01. The van der Waals surface area contributed by atoms with Crippen LogP contribution in [-0.2, 0) is 4.74 Å². The molecule has 0 bridgehead atoms. The van der Waals surface area contributed by atoms with Crippen LogP contribution in [-0.4, -0.2) is 25.0 Å². The van der Waals surface area contributed by atoms with Gasteiger partial charge in [-0.2, -0.15) is 0 Å². The molecule has 0 saturated carbocycles. The first kappa shape index (κ1) is 10.2. The lowest BCUT2D eigenvalue weighted by Crippen LogP contribution is -2.31. The molecule has 0 fully saturated rings. The van der Waals surface area contributed by atoms with E-state index in [1.165, 1.54) is 13.3 Å². The molecule has 0 aromatic heterocycles. The predicted octanol–water partition coefficient (Wildman–Crippen LogP) is -0.373. The van der Waals surface area contributed by atoms with E-state index in [1.54, 1.807) is 0 Å². The highest BCUT2D eigenvalue weighted by molar-refractivity contribution is 6.37. The zero-order valence-electron chi connectivity index (χ0n) is 6.64. The first-order valence-electron chi connectivity index (χ1n) is 3.06. The van der Waals surface area contributed by atoms with E-state index in [0.29, 0.717) is 0 Å². The van der Waals surface area contributed by atoms with Gasteiger partial charge in [-0.1, -0.05) is 0 Å². The van der Waals surface area contributed by atoms with Gasteiger partial charge in [0.15, 0.2) is 17.4 Å². The molecule has 0 aromatic carbocycles. The summed E-state index contributed by atoms with van der Waals surface area (Å²) in [6, 6.07) is 0. The van der Waals surface area contributed by atoms with Crippen LogP contribution in [0.25, 0.3) is 0 Å². The summed E-state index contributed by atoms with van der Waals surface area (Å²) < 4.78 is 4.68. The number of allylic oxidation sites excluding steroid dienone is 1. The predicted molar refractivity (Wildman–Crippen MR) is 46.7 cm³/mol. The van der Waals surface area contributed by atoms with Crippen LogP contribution in [0.15, 0.2) is 12.0 Å². The number of nitrogens with one attached hydrogen (secondary N) is 4. The number of rotatable bonds is 3. The van der Waals surface area contributed by atoms with Gasteiger partial charge in [-0.05, 0) is 0 Å². The summed E-state index contributed by atoms with van der Waals surface area (Å²) in [7, 11) is 1.40. The molecule has 6 N–H and O–H groups in total. The van der Waals surface area contributed by atoms with E-state index in [9.17, 15) is 0 Å². The number of ether oxygens (including phenoxy) is 1. The van der Waals surface area contributed by atoms with E-state index in [0.717, 1.165) is 6.21 Å². The Morgan fingerprint density at radius 1 is 1.50 bits per heavy atom. The average molecular weight is 169 g/mol. The van der Waals surface area contributed by atoms with E-state index < -0.39 is 0 Å². The number of amidine groups is 2. The van der Waals surface area contributed by atoms with Gasteiger partial charge in [-0.25, -0.2) is 0 Å². The Morgan fingerprint density at radius 3 is 2.42 bits per heavy atom. The van der Waals surface area contributed by atoms with Crippen LogP contribution < -0.4 is 11.1 Å². The number of nitrogens with two attached hydrogens (primary N) is 1. The van der Waals surface area contributed by atoms with Crippen LogP contribution >= 0.6 is 0 Å². The van der Waals surface area contributed by atoms with Gasteiger partial charge in [0, 0.05) is 6.20 Å². The Hall–Kier alpha value is -1.85. The molecule has 12 heavy (non-hydrogen) atoms. The van der Waals surface area contributed by atoms with Crippen molar-refractivity contribution in [3.05, 3.63) is 12.0 Å². The first-order valence-corrected chi connectivity index (χ1v) is 3.06. The number of hydrogen-bond donors (Lipinski definition) is 5. The van der Waals surface area contributed by atoms with E-state index in [2.05, 4.69) is 10.1 Å². The zero-order valence-corrected chi connectivity index (χ0v) is 6.64. The maximum atomic E-state index is 7.05. The summed E-state index contributed by atoms with van der Waals surface area (Å²) in [5, 5.41) is 23.1. The van der Waals surface area contributed by atoms with Crippen molar-refractivity contribution in [1.29, 1.82) is 16.2 Å². The molecule has 0 atom stereocenters. The number of hydrogen-bond acceptors (Lipinski definition) is 4. The Kier molecular flexibility index (Phi) is 4.13. The molecule has 0 heterocycles. The fourth-order valence-electron chi connectivity index (χ4n) is 0.381. The second-order valence-corrected chi connectivity index (χ2v) is 1.83. The molecule has 0 spiro atoms. The summed E-state index contributed by atoms with van der Waals surface area (Å²) in [4.78, 5) is 0. The smallest absolute Gasteiger partial charge is 0.164 e. The normalized spacial score (nSPS) is 10.2. The SMILES string of the molecule is CO/C(C=N)=C/NC(=N)C(=N)N. The third-order valence-electron chi connectivity index (χ3n) is 1.01. The van der Waals surface area contributed by atoms with Gasteiger partial charge in [-0.3, -0.25) is 10.8 Å². The lowest BCUT2D eigenvalue weighted by atomic mass is 10.5. The van der Waals surface area contributed by atoms with Crippen LogP contribution in [0.5, 0.6) is 0 Å². The quantitative estimate of drug-likeness (QED) is 0.225. The monoisotopic (exact) mass is 169 g/mol. The molecule has 6 nitrogen and oxygen atoms in total. The van der Waals surface area contributed by atoms with Gasteiger partial charge >= 0.3 is 0 Å². The van der Waals surface area contributed by atoms with Crippen molar-refractivity contribution in [2.24, 2.45) is 5.73 Å². The molecule has 0 aromatic rings. The van der Waals surface area contributed by atoms with Gasteiger partial charge in [0.25, 0.3) is 0 Å². The van der Waals surface area contributed by atoms with Crippen LogP contribution in [0, 0.1) is 16.2 Å². The number of methoxy groups -OCH3 is 1. The highest BCUT2D eigenvalue weighted by Crippen LogP contribution is 1.85. The second-order valence-electron chi connectivity index (χ2n) is 1.83. The van der Waals surface area contributed by atoms with Crippen molar-refractivity contribution in [1.82, 2.24) is 5.32 Å². The van der Waals surface area contributed by atoms with Crippen LogP contribution in [0.3, 0.4) is 0 Å². The summed E-state index contributed by atoms with van der Waals surface area (Å²) in [5.74, 6) is -0.348. The molecular weight excluding hydrogens is 158 g/mol. The van der Waals surface area contributed by atoms with Crippen molar-refractivity contribution >= 4 is 17.9 Å². The van der Waals surface area contributed by atoms with E-state index >= 15 is 0 Å². The Morgan fingerprint density at radius 2 is 2.08 bits per heavy atom. The minimum absolute atomic E-state index is 0.230. The molecule has 0 radical (unpaired) electrons. The van der Waals surface area contributed by atoms with Gasteiger partial charge in [0.05, 0.1) is 13.3 Å². The molecule has 0 amide bonds. The average Bonchev–Trinajstić information content (AvgIpc) is 2.05. The summed E-state index contributed by atoms with van der Waals surface area (Å²) in [5.41, 5.74) is 4.97. The summed E-state index contributed by atoms with van der Waals surface area (Å²) >= 11 is 0. The van der Waals surface area contributed by atoms with Crippen molar-refractivity contribution in [2.75, 3.05) is 7.11 Å². The second kappa shape index (κ2) is 4.89. The third-order valence-corrected chi connectivity index (χ3v) is 1.01. The molecular formula is C6H11N5O. The highest BCUT2D eigenvalue weighted by Gasteiger charge is 1.96. The van der Waals surface area contributed by atoms with E-state index in [1.807, 2.05) is 0 Å². The topological polar surface area (TPSA) is 119 Å². The Bertz CT molecular complexity index is 232. The molecule has 6 heteroatoms. The molecule has 0 rings (SSSR count). The molecule has 0 aliphatic rings. The fourth-order valence-corrected chi connectivity index (χ4v) is 0.381. The third kappa shape index (κ3) is 3.35.